The summed E-state index contributed by atoms with van der Waals surface area (Å²) < 4.78 is 0. The van der Waals surface area contributed by atoms with E-state index in [4.69, 9.17) is 0 Å². The molecule has 0 saturated heterocycles. The largest absolute Gasteiger partial charge is 0.507 e. The fourth-order valence-electron chi connectivity index (χ4n) is 2.75. The van der Waals surface area contributed by atoms with E-state index in [0.29, 0.717) is 17.0 Å². The van der Waals surface area contributed by atoms with Crippen LogP contribution in [-0.4, -0.2) is 10.9 Å². The molecule has 2 rings (SSSR count). The van der Waals surface area contributed by atoms with Crippen LogP contribution in [0.25, 0.3) is 0 Å². The van der Waals surface area contributed by atoms with Crippen LogP contribution < -0.4 is 0 Å². The van der Waals surface area contributed by atoms with Gasteiger partial charge >= 0.3 is 0 Å². The number of ketones is 1. The van der Waals surface area contributed by atoms with Crippen molar-refractivity contribution in [3.63, 3.8) is 0 Å². The molecule has 0 radical (unpaired) electrons. The Labute approximate surface area is 126 Å². The van der Waals surface area contributed by atoms with E-state index < -0.39 is 0 Å². The molecule has 0 aliphatic carbocycles. The fourth-order valence-corrected chi connectivity index (χ4v) is 2.75. The van der Waals surface area contributed by atoms with Crippen molar-refractivity contribution in [1.29, 1.82) is 0 Å². The molecule has 0 spiro atoms. The molecule has 0 saturated carbocycles. The van der Waals surface area contributed by atoms with Crippen LogP contribution >= 0.6 is 0 Å². The molecule has 2 nitrogen and oxygen atoms in total. The minimum Gasteiger partial charge on any atom is -0.507 e. The third-order valence-electron chi connectivity index (χ3n) is 3.92. The third-order valence-corrected chi connectivity index (χ3v) is 3.92. The van der Waals surface area contributed by atoms with E-state index in [1.54, 1.807) is 18.2 Å². The normalized spacial score (nSPS) is 12.1. The molecule has 21 heavy (non-hydrogen) atoms. The summed E-state index contributed by atoms with van der Waals surface area (Å²) in [5.41, 5.74) is 1.89. The highest BCUT2D eigenvalue weighted by atomic mass is 16.3. The summed E-state index contributed by atoms with van der Waals surface area (Å²) in [5, 5.41) is 10.5. The smallest absolute Gasteiger partial charge is 0.196 e. The van der Waals surface area contributed by atoms with Gasteiger partial charge in [-0.05, 0) is 30.4 Å². The summed E-state index contributed by atoms with van der Waals surface area (Å²) in [6.07, 6.45) is 3.05. The van der Waals surface area contributed by atoms with Crippen molar-refractivity contribution in [3.8, 4) is 5.75 Å². The molecular weight excluding hydrogens is 260 g/mol. The second-order valence-corrected chi connectivity index (χ2v) is 5.33. The molecule has 2 heteroatoms. The minimum absolute atomic E-state index is 0.124. The van der Waals surface area contributed by atoms with Gasteiger partial charge in [0.25, 0.3) is 0 Å². The SMILES string of the molecule is CCCC(CC)c1cccc(C(=O)c2ccccc2)c1O. The molecule has 0 bridgehead atoms. The Kier molecular flexibility index (Phi) is 5.15. The van der Waals surface area contributed by atoms with Crippen LogP contribution in [0, 0.1) is 0 Å². The molecule has 2 aromatic rings. The van der Waals surface area contributed by atoms with Crippen molar-refractivity contribution in [3.05, 3.63) is 65.2 Å². The standard InChI is InChI=1S/C19H22O2/c1-3-9-14(4-2)16-12-8-13-17(19(16)21)18(20)15-10-6-5-7-11-15/h5-8,10-14,21H,3-4,9H2,1-2H3. The van der Waals surface area contributed by atoms with E-state index in [1.165, 1.54) is 0 Å². The lowest BCUT2D eigenvalue weighted by molar-refractivity contribution is 0.103. The number of phenols is 1. The fraction of sp³-hybridized carbons (Fsp3) is 0.316. The maximum Gasteiger partial charge on any atom is 0.196 e. The predicted octanol–water partition coefficient (Wildman–Crippen LogP) is 4.92. The third kappa shape index (κ3) is 3.33. The lowest BCUT2D eigenvalue weighted by Gasteiger charge is -2.17. The number of benzene rings is 2. The highest BCUT2D eigenvalue weighted by Gasteiger charge is 2.19. The molecule has 110 valence electrons. The van der Waals surface area contributed by atoms with E-state index in [-0.39, 0.29) is 11.5 Å². The Morgan fingerprint density at radius 2 is 1.76 bits per heavy atom. The first kappa shape index (κ1) is 15.3. The summed E-state index contributed by atoms with van der Waals surface area (Å²) >= 11 is 0. The average Bonchev–Trinajstić information content (AvgIpc) is 2.53. The summed E-state index contributed by atoms with van der Waals surface area (Å²) in [4.78, 5) is 12.5. The topological polar surface area (TPSA) is 37.3 Å². The first-order valence-corrected chi connectivity index (χ1v) is 7.60. The van der Waals surface area contributed by atoms with Gasteiger partial charge in [-0.2, -0.15) is 0 Å². The molecule has 0 amide bonds. The molecule has 1 atom stereocenters. The molecule has 1 unspecified atom stereocenters. The predicted molar refractivity (Wildman–Crippen MR) is 85.9 cm³/mol. The van der Waals surface area contributed by atoms with Crippen molar-refractivity contribution in [1.82, 2.24) is 0 Å². The zero-order chi connectivity index (χ0) is 15.2. The van der Waals surface area contributed by atoms with Crippen molar-refractivity contribution < 1.29 is 9.90 Å². The highest BCUT2D eigenvalue weighted by Crippen LogP contribution is 2.34. The summed E-state index contributed by atoms with van der Waals surface area (Å²) in [7, 11) is 0. The number of aromatic hydroxyl groups is 1. The van der Waals surface area contributed by atoms with Gasteiger partial charge in [0.1, 0.15) is 5.75 Å². The molecule has 0 aliphatic rings. The molecule has 0 aromatic heterocycles. The van der Waals surface area contributed by atoms with Crippen LogP contribution in [-0.2, 0) is 0 Å². The quantitative estimate of drug-likeness (QED) is 0.764. The molecule has 2 aromatic carbocycles. The lowest BCUT2D eigenvalue weighted by Crippen LogP contribution is -2.05. The summed E-state index contributed by atoms with van der Waals surface area (Å²) in [6.45, 7) is 4.25. The second-order valence-electron chi connectivity index (χ2n) is 5.33. The summed E-state index contributed by atoms with van der Waals surface area (Å²) in [6, 6.07) is 14.6. The number of carbonyl (C=O) groups excluding carboxylic acids is 1. The lowest BCUT2D eigenvalue weighted by atomic mass is 9.88. The van der Waals surface area contributed by atoms with Crippen molar-refractivity contribution in [2.75, 3.05) is 0 Å². The van der Waals surface area contributed by atoms with Crippen LogP contribution in [0.3, 0.4) is 0 Å². The van der Waals surface area contributed by atoms with E-state index in [2.05, 4.69) is 13.8 Å². The van der Waals surface area contributed by atoms with Gasteiger partial charge in [-0.15, -0.1) is 0 Å². The number of hydrogen-bond acceptors (Lipinski definition) is 2. The molecule has 1 N–H and O–H groups in total. The molecule has 0 fully saturated rings. The first-order chi connectivity index (χ1) is 10.2. The Hall–Kier alpha value is -2.09. The number of phenolic OH excluding ortho intramolecular Hbond substituents is 1. The number of carbonyl (C=O) groups is 1. The minimum atomic E-state index is -0.124. The van der Waals surface area contributed by atoms with Gasteiger partial charge in [-0.1, -0.05) is 62.7 Å². The molecular formula is C19H22O2. The Bertz CT molecular complexity index is 602. The van der Waals surface area contributed by atoms with Gasteiger partial charge in [0, 0.05) is 5.56 Å². The van der Waals surface area contributed by atoms with Crippen molar-refractivity contribution in [2.24, 2.45) is 0 Å². The van der Waals surface area contributed by atoms with E-state index in [1.807, 2.05) is 30.3 Å². The van der Waals surface area contributed by atoms with Crippen LogP contribution in [0.5, 0.6) is 5.75 Å². The maximum absolute atomic E-state index is 12.5. The first-order valence-electron chi connectivity index (χ1n) is 7.60. The second kappa shape index (κ2) is 7.07. The average molecular weight is 282 g/mol. The summed E-state index contributed by atoms with van der Waals surface area (Å²) in [5.74, 6) is 0.325. The van der Waals surface area contributed by atoms with E-state index >= 15 is 0 Å². The number of para-hydroxylation sites is 1. The monoisotopic (exact) mass is 282 g/mol. The van der Waals surface area contributed by atoms with E-state index in [9.17, 15) is 9.90 Å². The van der Waals surface area contributed by atoms with Gasteiger partial charge in [0.05, 0.1) is 5.56 Å². The van der Waals surface area contributed by atoms with Gasteiger partial charge in [-0.3, -0.25) is 4.79 Å². The van der Waals surface area contributed by atoms with Crippen LogP contribution in [0.15, 0.2) is 48.5 Å². The van der Waals surface area contributed by atoms with Gasteiger partial charge in [0.15, 0.2) is 5.78 Å². The van der Waals surface area contributed by atoms with E-state index in [0.717, 1.165) is 24.8 Å². The number of rotatable bonds is 6. The zero-order valence-electron chi connectivity index (χ0n) is 12.7. The Balaban J connectivity index is 2.40. The molecule has 0 aliphatic heterocycles. The van der Waals surface area contributed by atoms with Gasteiger partial charge in [0.2, 0.25) is 0 Å². The van der Waals surface area contributed by atoms with Gasteiger partial charge in [-0.25, -0.2) is 0 Å². The Morgan fingerprint density at radius 1 is 1.05 bits per heavy atom. The van der Waals surface area contributed by atoms with Crippen LogP contribution in [0.1, 0.15) is 60.5 Å². The highest BCUT2D eigenvalue weighted by molar-refractivity contribution is 6.10. The van der Waals surface area contributed by atoms with Crippen LogP contribution in [0.4, 0.5) is 0 Å². The van der Waals surface area contributed by atoms with Crippen molar-refractivity contribution >= 4 is 5.78 Å². The van der Waals surface area contributed by atoms with Crippen molar-refractivity contribution in [2.45, 2.75) is 39.0 Å². The zero-order valence-corrected chi connectivity index (χ0v) is 12.7. The Morgan fingerprint density at radius 3 is 2.38 bits per heavy atom. The number of hydrogen-bond donors (Lipinski definition) is 1. The molecule has 0 heterocycles. The maximum atomic E-state index is 12.5. The van der Waals surface area contributed by atoms with Crippen LogP contribution in [0.2, 0.25) is 0 Å². The van der Waals surface area contributed by atoms with Gasteiger partial charge < -0.3 is 5.11 Å².